The second kappa shape index (κ2) is 5.39. The third-order valence-electron chi connectivity index (χ3n) is 2.89. The Morgan fingerprint density at radius 1 is 1.40 bits per heavy atom. The van der Waals surface area contributed by atoms with Gasteiger partial charge in [0.15, 0.2) is 0 Å². The van der Waals surface area contributed by atoms with Crippen LogP contribution in [0.2, 0.25) is 0 Å². The van der Waals surface area contributed by atoms with E-state index in [2.05, 4.69) is 6.92 Å². The first-order valence-corrected chi connectivity index (χ1v) is 5.75. The SMILES string of the molecule is CC1CCN(CCCC(F)(F)F)CC1Cl. The second-order valence-corrected chi connectivity index (χ2v) is 4.86. The minimum atomic E-state index is -4.02. The van der Waals surface area contributed by atoms with Gasteiger partial charge in [0.05, 0.1) is 0 Å². The van der Waals surface area contributed by atoms with Crippen LogP contribution in [0.3, 0.4) is 0 Å². The third-order valence-corrected chi connectivity index (χ3v) is 3.45. The zero-order valence-electron chi connectivity index (χ0n) is 8.86. The Labute approximate surface area is 93.6 Å². The summed E-state index contributed by atoms with van der Waals surface area (Å²) in [6.45, 7) is 4.20. The van der Waals surface area contributed by atoms with Crippen LogP contribution in [-0.4, -0.2) is 36.1 Å². The van der Waals surface area contributed by atoms with Gasteiger partial charge in [-0.3, -0.25) is 0 Å². The molecular weight excluding hydrogens is 227 g/mol. The summed E-state index contributed by atoms with van der Waals surface area (Å²) in [5.74, 6) is 0.477. The van der Waals surface area contributed by atoms with Crippen molar-refractivity contribution in [2.75, 3.05) is 19.6 Å². The van der Waals surface area contributed by atoms with Gasteiger partial charge in [0, 0.05) is 18.3 Å². The van der Waals surface area contributed by atoms with Crippen LogP contribution in [0.5, 0.6) is 0 Å². The number of nitrogens with zero attached hydrogens (tertiary/aromatic N) is 1. The summed E-state index contributed by atoms with van der Waals surface area (Å²) >= 11 is 6.07. The highest BCUT2D eigenvalue weighted by Crippen LogP contribution is 2.24. The van der Waals surface area contributed by atoms with Gasteiger partial charge >= 0.3 is 6.18 Å². The van der Waals surface area contributed by atoms with Crippen molar-refractivity contribution in [2.24, 2.45) is 5.92 Å². The lowest BCUT2D eigenvalue weighted by atomic mass is 9.98. The molecule has 5 heteroatoms. The molecule has 15 heavy (non-hydrogen) atoms. The van der Waals surface area contributed by atoms with E-state index < -0.39 is 12.6 Å². The van der Waals surface area contributed by atoms with Gasteiger partial charge in [0.25, 0.3) is 0 Å². The van der Waals surface area contributed by atoms with Crippen LogP contribution in [-0.2, 0) is 0 Å². The molecule has 1 fully saturated rings. The van der Waals surface area contributed by atoms with Crippen molar-refractivity contribution >= 4 is 11.6 Å². The van der Waals surface area contributed by atoms with E-state index in [1.165, 1.54) is 0 Å². The number of hydrogen-bond donors (Lipinski definition) is 0. The molecule has 0 aromatic rings. The van der Waals surface area contributed by atoms with Crippen LogP contribution in [0.25, 0.3) is 0 Å². The summed E-state index contributed by atoms with van der Waals surface area (Å²) in [6, 6.07) is 0. The first kappa shape index (κ1) is 13.1. The number of halogens is 4. The molecular formula is C10H17ClF3N. The van der Waals surface area contributed by atoms with Crippen molar-refractivity contribution in [3.63, 3.8) is 0 Å². The normalized spacial score (nSPS) is 29.4. The van der Waals surface area contributed by atoms with Crippen LogP contribution < -0.4 is 0 Å². The molecule has 1 nitrogen and oxygen atoms in total. The van der Waals surface area contributed by atoms with Crippen LogP contribution in [0.1, 0.15) is 26.2 Å². The molecule has 1 aliphatic heterocycles. The fourth-order valence-corrected chi connectivity index (χ4v) is 2.11. The Balaban J connectivity index is 2.17. The Bertz CT molecular complexity index is 196. The van der Waals surface area contributed by atoms with Crippen molar-refractivity contribution in [1.82, 2.24) is 4.90 Å². The summed E-state index contributed by atoms with van der Waals surface area (Å²) in [6.07, 6.45) is -3.54. The molecule has 0 bridgehead atoms. The Morgan fingerprint density at radius 3 is 2.60 bits per heavy atom. The van der Waals surface area contributed by atoms with Crippen molar-refractivity contribution in [2.45, 2.75) is 37.7 Å². The topological polar surface area (TPSA) is 3.24 Å². The molecule has 1 rings (SSSR count). The second-order valence-electron chi connectivity index (χ2n) is 4.30. The predicted octanol–water partition coefficient (Wildman–Crippen LogP) is 3.28. The van der Waals surface area contributed by atoms with E-state index in [4.69, 9.17) is 11.6 Å². The van der Waals surface area contributed by atoms with Gasteiger partial charge < -0.3 is 4.90 Å². The predicted molar refractivity (Wildman–Crippen MR) is 55.2 cm³/mol. The van der Waals surface area contributed by atoms with E-state index in [1.807, 2.05) is 4.90 Å². The summed E-state index contributed by atoms with van der Waals surface area (Å²) in [5.41, 5.74) is 0. The molecule has 90 valence electrons. The highest BCUT2D eigenvalue weighted by molar-refractivity contribution is 6.21. The van der Waals surface area contributed by atoms with E-state index in [9.17, 15) is 13.2 Å². The molecule has 1 saturated heterocycles. The smallest absolute Gasteiger partial charge is 0.302 e. The monoisotopic (exact) mass is 243 g/mol. The molecule has 2 unspecified atom stereocenters. The van der Waals surface area contributed by atoms with E-state index in [1.54, 1.807) is 0 Å². The lowest BCUT2D eigenvalue weighted by Crippen LogP contribution is -2.40. The van der Waals surface area contributed by atoms with Crippen LogP contribution in [0.15, 0.2) is 0 Å². The molecule has 1 heterocycles. The lowest BCUT2D eigenvalue weighted by molar-refractivity contribution is -0.136. The average Bonchev–Trinajstić information content (AvgIpc) is 2.09. The zero-order chi connectivity index (χ0) is 11.5. The van der Waals surface area contributed by atoms with Gasteiger partial charge in [-0.2, -0.15) is 13.2 Å². The van der Waals surface area contributed by atoms with Gasteiger partial charge in [-0.1, -0.05) is 6.92 Å². The van der Waals surface area contributed by atoms with Crippen molar-refractivity contribution in [3.8, 4) is 0 Å². The van der Waals surface area contributed by atoms with Crippen molar-refractivity contribution in [1.29, 1.82) is 0 Å². The minimum Gasteiger partial charge on any atom is -0.302 e. The largest absolute Gasteiger partial charge is 0.389 e. The van der Waals surface area contributed by atoms with Gasteiger partial charge in [0.1, 0.15) is 0 Å². The molecule has 0 spiro atoms. The van der Waals surface area contributed by atoms with Crippen molar-refractivity contribution in [3.05, 3.63) is 0 Å². The number of rotatable bonds is 3. The van der Waals surface area contributed by atoms with E-state index in [-0.39, 0.29) is 11.8 Å². The van der Waals surface area contributed by atoms with Crippen molar-refractivity contribution < 1.29 is 13.2 Å². The number of hydrogen-bond acceptors (Lipinski definition) is 1. The zero-order valence-corrected chi connectivity index (χ0v) is 9.61. The number of likely N-dealkylation sites (tertiary alicyclic amines) is 1. The first-order chi connectivity index (χ1) is 6.88. The fourth-order valence-electron chi connectivity index (χ4n) is 1.79. The van der Waals surface area contributed by atoms with E-state index >= 15 is 0 Å². The molecule has 0 aromatic heterocycles. The molecule has 2 atom stereocenters. The molecule has 0 aliphatic carbocycles. The molecule has 1 aliphatic rings. The fraction of sp³-hybridized carbons (Fsp3) is 1.00. The van der Waals surface area contributed by atoms with Gasteiger partial charge in [-0.25, -0.2) is 0 Å². The summed E-state index contributed by atoms with van der Waals surface area (Å²) in [5, 5.41) is 0.0876. The molecule has 0 amide bonds. The maximum atomic E-state index is 11.9. The van der Waals surface area contributed by atoms with Gasteiger partial charge in [-0.05, 0) is 31.8 Å². The average molecular weight is 244 g/mol. The summed E-state index contributed by atoms with van der Waals surface area (Å²) in [4.78, 5) is 2.03. The minimum absolute atomic E-state index is 0.0876. The maximum absolute atomic E-state index is 11.9. The summed E-state index contributed by atoms with van der Waals surface area (Å²) < 4.78 is 35.7. The quantitative estimate of drug-likeness (QED) is 0.688. The van der Waals surface area contributed by atoms with Crippen LogP contribution >= 0.6 is 11.6 Å². The lowest BCUT2D eigenvalue weighted by Gasteiger charge is -2.33. The maximum Gasteiger partial charge on any atom is 0.389 e. The van der Waals surface area contributed by atoms with Gasteiger partial charge in [0.2, 0.25) is 0 Å². The molecule has 0 saturated carbocycles. The van der Waals surface area contributed by atoms with E-state index in [0.29, 0.717) is 12.5 Å². The van der Waals surface area contributed by atoms with E-state index in [0.717, 1.165) is 19.5 Å². The Kier molecular flexibility index (Phi) is 4.71. The van der Waals surface area contributed by atoms with Crippen LogP contribution in [0, 0.1) is 5.92 Å². The molecule has 0 N–H and O–H groups in total. The number of piperidine rings is 1. The highest BCUT2D eigenvalue weighted by atomic mass is 35.5. The standard InChI is InChI=1S/C10H17ClF3N/c1-8-3-6-15(7-9(8)11)5-2-4-10(12,13)14/h8-9H,2-7H2,1H3. The molecule has 0 radical (unpaired) electrons. The Morgan fingerprint density at radius 2 is 2.07 bits per heavy atom. The summed E-state index contributed by atoms with van der Waals surface area (Å²) in [7, 11) is 0. The Hall–Kier alpha value is 0.0400. The van der Waals surface area contributed by atoms with Crippen LogP contribution in [0.4, 0.5) is 13.2 Å². The molecule has 0 aromatic carbocycles. The number of alkyl halides is 4. The highest BCUT2D eigenvalue weighted by Gasteiger charge is 2.28. The first-order valence-electron chi connectivity index (χ1n) is 5.31. The third kappa shape index (κ3) is 5.07. The van der Waals surface area contributed by atoms with Gasteiger partial charge in [-0.15, -0.1) is 11.6 Å².